The van der Waals surface area contributed by atoms with Crippen LogP contribution in [0.1, 0.15) is 21.7 Å². The van der Waals surface area contributed by atoms with Gasteiger partial charge < -0.3 is 14.4 Å². The minimum absolute atomic E-state index is 0.184. The van der Waals surface area contributed by atoms with E-state index in [1.54, 1.807) is 24.3 Å². The van der Waals surface area contributed by atoms with E-state index < -0.39 is 5.97 Å². The summed E-state index contributed by atoms with van der Waals surface area (Å²) in [5.41, 5.74) is 4.97. The van der Waals surface area contributed by atoms with Gasteiger partial charge in [-0.3, -0.25) is 0 Å². The van der Waals surface area contributed by atoms with Crippen molar-refractivity contribution >= 4 is 57.3 Å². The zero-order valence-corrected chi connectivity index (χ0v) is 23.7. The Morgan fingerprint density at radius 3 is 2.21 bits per heavy atom. The van der Waals surface area contributed by atoms with E-state index in [0.717, 1.165) is 33.8 Å². The van der Waals surface area contributed by atoms with Gasteiger partial charge >= 0.3 is 5.97 Å². The first-order valence-corrected chi connectivity index (χ1v) is 13.4. The lowest BCUT2D eigenvalue weighted by Gasteiger charge is -2.09. The number of hydrogen-bond acceptors (Lipinski definition) is 3. The van der Waals surface area contributed by atoms with Gasteiger partial charge in [-0.25, -0.2) is 9.78 Å². The smallest absolute Gasteiger partial charge is 0.336 e. The Hall–Kier alpha value is -3.84. The van der Waals surface area contributed by atoms with Gasteiger partial charge in [0.15, 0.2) is 0 Å². The van der Waals surface area contributed by atoms with Crippen molar-refractivity contribution in [2.75, 3.05) is 0 Å². The highest BCUT2D eigenvalue weighted by molar-refractivity contribution is 9.10. The molecule has 5 nitrogen and oxygen atoms in total. The predicted molar refractivity (Wildman–Crippen MR) is 161 cm³/mol. The Morgan fingerprint density at radius 2 is 1.56 bits per heavy atom. The Labute approximate surface area is 244 Å². The molecule has 1 N–H and O–H groups in total. The van der Waals surface area contributed by atoms with Crippen LogP contribution in [0.15, 0.2) is 95.6 Å². The zero-order valence-electron chi connectivity index (χ0n) is 20.6. The van der Waals surface area contributed by atoms with Crippen molar-refractivity contribution in [3.63, 3.8) is 0 Å². The quantitative estimate of drug-likeness (QED) is 0.197. The third-order valence-corrected chi connectivity index (χ3v) is 7.25. The first kappa shape index (κ1) is 26.8. The number of imidazole rings is 1. The average molecular weight is 620 g/mol. The molecule has 5 aromatic rings. The normalized spacial score (nSPS) is 11.2. The molecular weight excluding hydrogens is 599 g/mol. The summed E-state index contributed by atoms with van der Waals surface area (Å²) in [6, 6.07) is 26.1. The number of aryl methyl sites for hydroxylation is 1. The van der Waals surface area contributed by atoms with Crippen molar-refractivity contribution < 1.29 is 14.6 Å². The highest BCUT2D eigenvalue weighted by Gasteiger charge is 2.11. The number of carboxylic acids is 1. The Bertz CT molecular complexity index is 1690. The molecule has 0 amide bonds. The van der Waals surface area contributed by atoms with Gasteiger partial charge in [-0.05, 0) is 87.2 Å². The number of halogens is 3. The molecule has 194 valence electrons. The summed E-state index contributed by atoms with van der Waals surface area (Å²) < 4.78 is 8.29. The SMILES string of the molecule is Cn1cc(-c2ccc(Cl)cc2Cl)nc1/C=C/c1ccc(-c2ccc(Oc3ccc(C(=O)O)c(Br)c3)cc2)cc1. The summed E-state index contributed by atoms with van der Waals surface area (Å²) in [6.45, 7) is 0. The van der Waals surface area contributed by atoms with Gasteiger partial charge in [0.25, 0.3) is 0 Å². The van der Waals surface area contributed by atoms with Gasteiger partial charge in [-0.1, -0.05) is 65.7 Å². The lowest BCUT2D eigenvalue weighted by atomic mass is 10.0. The van der Waals surface area contributed by atoms with Crippen LogP contribution < -0.4 is 4.74 Å². The molecule has 1 aromatic heterocycles. The van der Waals surface area contributed by atoms with E-state index in [2.05, 4.69) is 40.2 Å². The van der Waals surface area contributed by atoms with Crippen LogP contribution in [0.25, 0.3) is 34.5 Å². The van der Waals surface area contributed by atoms with Gasteiger partial charge in [0.2, 0.25) is 0 Å². The van der Waals surface area contributed by atoms with Crippen LogP contribution in [0.5, 0.6) is 11.5 Å². The fourth-order valence-electron chi connectivity index (χ4n) is 4.00. The second-order valence-electron chi connectivity index (χ2n) is 8.75. The fraction of sp³-hybridized carbons (Fsp3) is 0.0323. The molecule has 1 heterocycles. The van der Waals surface area contributed by atoms with Crippen LogP contribution in [0.4, 0.5) is 0 Å². The number of hydrogen-bond donors (Lipinski definition) is 1. The van der Waals surface area contributed by atoms with E-state index in [-0.39, 0.29) is 5.56 Å². The van der Waals surface area contributed by atoms with E-state index in [1.165, 1.54) is 6.07 Å². The maximum atomic E-state index is 11.2. The topological polar surface area (TPSA) is 64.4 Å². The van der Waals surface area contributed by atoms with Gasteiger partial charge in [-0.15, -0.1) is 0 Å². The summed E-state index contributed by atoms with van der Waals surface area (Å²) in [5.74, 6) is 1.01. The largest absolute Gasteiger partial charge is 0.478 e. The fourth-order valence-corrected chi connectivity index (χ4v) is 5.04. The van der Waals surface area contributed by atoms with Gasteiger partial charge in [0.05, 0.1) is 16.3 Å². The molecular formula is C31H21BrCl2N2O3. The van der Waals surface area contributed by atoms with Crippen LogP contribution in [0.3, 0.4) is 0 Å². The second-order valence-corrected chi connectivity index (χ2v) is 10.4. The molecule has 0 saturated heterocycles. The van der Waals surface area contributed by atoms with Crippen molar-refractivity contribution in [3.05, 3.63) is 123 Å². The second kappa shape index (κ2) is 11.5. The van der Waals surface area contributed by atoms with Crippen molar-refractivity contribution in [2.24, 2.45) is 7.05 Å². The van der Waals surface area contributed by atoms with Gasteiger partial charge in [0.1, 0.15) is 17.3 Å². The highest BCUT2D eigenvalue weighted by Crippen LogP contribution is 2.31. The predicted octanol–water partition coefficient (Wildman–Crippen LogP) is 9.48. The summed E-state index contributed by atoms with van der Waals surface area (Å²) in [4.78, 5) is 15.9. The number of benzene rings is 4. The molecule has 0 saturated carbocycles. The van der Waals surface area contributed by atoms with E-state index in [4.69, 9.17) is 38.0 Å². The lowest BCUT2D eigenvalue weighted by Crippen LogP contribution is -1.97. The molecule has 0 fully saturated rings. The molecule has 0 aliphatic heterocycles. The summed E-state index contributed by atoms with van der Waals surface area (Å²) in [5, 5.41) is 10.3. The molecule has 8 heteroatoms. The highest BCUT2D eigenvalue weighted by atomic mass is 79.9. The monoisotopic (exact) mass is 618 g/mol. The Kier molecular flexibility index (Phi) is 7.89. The molecule has 0 aliphatic carbocycles. The van der Waals surface area contributed by atoms with Crippen LogP contribution in [-0.4, -0.2) is 20.6 Å². The van der Waals surface area contributed by atoms with Crippen LogP contribution in [0.2, 0.25) is 10.0 Å². The van der Waals surface area contributed by atoms with Crippen LogP contribution in [-0.2, 0) is 7.05 Å². The van der Waals surface area contributed by atoms with Crippen LogP contribution >= 0.6 is 39.1 Å². The minimum Gasteiger partial charge on any atom is -0.478 e. The Balaban J connectivity index is 1.26. The first-order chi connectivity index (χ1) is 18.8. The number of aromatic nitrogens is 2. The standard InChI is InChI=1S/C31H21BrCl2N2O3/c1-36-18-29(26-13-9-22(33)16-28(26)34)35-30(36)15-4-19-2-5-20(6-3-19)21-7-10-23(11-8-21)39-24-12-14-25(31(37)38)27(32)17-24/h2-18H,1H3,(H,37,38)/b15-4+. The third kappa shape index (κ3) is 6.25. The van der Waals surface area contributed by atoms with Crippen LogP contribution in [0, 0.1) is 0 Å². The lowest BCUT2D eigenvalue weighted by molar-refractivity contribution is 0.0696. The van der Waals surface area contributed by atoms with Crippen molar-refractivity contribution in [2.45, 2.75) is 0 Å². The number of carbonyl (C=O) groups is 1. The molecule has 0 unspecified atom stereocenters. The maximum Gasteiger partial charge on any atom is 0.336 e. The first-order valence-electron chi connectivity index (χ1n) is 11.8. The molecule has 0 aliphatic rings. The van der Waals surface area contributed by atoms with Crippen molar-refractivity contribution in [1.29, 1.82) is 0 Å². The summed E-state index contributed by atoms with van der Waals surface area (Å²) in [7, 11) is 1.94. The zero-order chi connectivity index (χ0) is 27.5. The van der Waals surface area contributed by atoms with Crippen molar-refractivity contribution in [3.8, 4) is 33.9 Å². The number of carboxylic acid groups (broad SMARTS) is 1. The Morgan fingerprint density at radius 1 is 0.897 bits per heavy atom. The third-order valence-electron chi connectivity index (χ3n) is 6.05. The molecule has 0 spiro atoms. The van der Waals surface area contributed by atoms with E-state index >= 15 is 0 Å². The van der Waals surface area contributed by atoms with E-state index in [9.17, 15) is 4.79 Å². The average Bonchev–Trinajstić information content (AvgIpc) is 3.28. The summed E-state index contributed by atoms with van der Waals surface area (Å²) in [6.07, 6.45) is 5.93. The number of ether oxygens (including phenoxy) is 1. The number of aromatic carboxylic acids is 1. The molecule has 4 aromatic carbocycles. The van der Waals surface area contributed by atoms with Gasteiger partial charge in [0, 0.05) is 28.3 Å². The van der Waals surface area contributed by atoms with Crippen molar-refractivity contribution in [1.82, 2.24) is 9.55 Å². The maximum absolute atomic E-state index is 11.2. The van der Waals surface area contributed by atoms with E-state index in [1.807, 2.05) is 60.3 Å². The molecule has 0 radical (unpaired) electrons. The molecule has 0 atom stereocenters. The number of rotatable bonds is 7. The summed E-state index contributed by atoms with van der Waals surface area (Å²) >= 11 is 15.6. The molecule has 39 heavy (non-hydrogen) atoms. The molecule has 5 rings (SSSR count). The van der Waals surface area contributed by atoms with Gasteiger partial charge in [-0.2, -0.15) is 0 Å². The number of nitrogens with zero attached hydrogens (tertiary/aromatic N) is 2. The minimum atomic E-state index is -0.996. The molecule has 0 bridgehead atoms. The van der Waals surface area contributed by atoms with E-state index in [0.29, 0.717) is 26.0 Å².